The molecule has 0 aromatic rings. The molecule has 28 heavy (non-hydrogen) atoms. The van der Waals surface area contributed by atoms with E-state index in [1.54, 1.807) is 6.26 Å². The molecule has 0 amide bonds. The van der Waals surface area contributed by atoms with Crippen LogP contribution in [0.15, 0.2) is 12.3 Å². The highest BCUT2D eigenvalue weighted by Crippen LogP contribution is 2.33. The normalized spacial score (nSPS) is 32.4. The maximum Gasteiger partial charge on any atom is 0.217 e. The van der Waals surface area contributed by atoms with Crippen molar-refractivity contribution in [3.8, 4) is 0 Å². The van der Waals surface area contributed by atoms with Crippen molar-refractivity contribution in [3.05, 3.63) is 12.3 Å². The summed E-state index contributed by atoms with van der Waals surface area (Å²) in [6.07, 6.45) is 12.2. The van der Waals surface area contributed by atoms with E-state index in [-0.39, 0.29) is 18.3 Å². The Morgan fingerprint density at radius 3 is 2.43 bits per heavy atom. The summed E-state index contributed by atoms with van der Waals surface area (Å²) in [7, 11) is 0. The van der Waals surface area contributed by atoms with Gasteiger partial charge in [0, 0.05) is 6.61 Å². The number of ether oxygens (including phenoxy) is 5. The van der Waals surface area contributed by atoms with Gasteiger partial charge >= 0.3 is 0 Å². The van der Waals surface area contributed by atoms with Crippen molar-refractivity contribution >= 4 is 0 Å². The molecule has 5 atom stereocenters. The number of rotatable bonds is 12. The SMILES string of the molecule is CC=CO[C@H]1O[C@@H]2COC(C)(C)O[C@H]2[C@H](OCCCCCCCCCC)[C@H]1N. The Hall–Kier alpha value is -0.660. The largest absolute Gasteiger partial charge is 0.471 e. The molecular weight excluding hydrogens is 358 g/mol. The van der Waals surface area contributed by atoms with Gasteiger partial charge in [-0.2, -0.15) is 0 Å². The number of allylic oxidation sites excluding steroid dienone is 1. The van der Waals surface area contributed by atoms with Crippen LogP contribution in [0.25, 0.3) is 0 Å². The lowest BCUT2D eigenvalue weighted by Gasteiger charge is -2.50. The summed E-state index contributed by atoms with van der Waals surface area (Å²) >= 11 is 0. The highest BCUT2D eigenvalue weighted by Gasteiger charge is 2.51. The molecule has 2 rings (SSSR count). The third kappa shape index (κ3) is 7.30. The lowest BCUT2D eigenvalue weighted by molar-refractivity contribution is -0.366. The molecule has 2 heterocycles. The molecule has 0 aromatic carbocycles. The zero-order chi connectivity index (χ0) is 20.4. The minimum Gasteiger partial charge on any atom is -0.471 e. The molecule has 164 valence electrons. The van der Waals surface area contributed by atoms with Crippen molar-refractivity contribution in [2.75, 3.05) is 13.2 Å². The van der Waals surface area contributed by atoms with Gasteiger partial charge in [0.15, 0.2) is 5.79 Å². The second kappa shape index (κ2) is 12.1. The van der Waals surface area contributed by atoms with Crippen LogP contribution in [0.1, 0.15) is 79.1 Å². The number of unbranched alkanes of at least 4 members (excludes halogenated alkanes) is 7. The van der Waals surface area contributed by atoms with Gasteiger partial charge in [0.2, 0.25) is 6.29 Å². The average molecular weight is 400 g/mol. The first kappa shape index (κ1) is 23.6. The average Bonchev–Trinajstić information content (AvgIpc) is 2.66. The summed E-state index contributed by atoms with van der Waals surface area (Å²) in [6, 6.07) is -0.416. The highest BCUT2D eigenvalue weighted by molar-refractivity contribution is 4.97. The minimum absolute atomic E-state index is 0.244. The zero-order valence-corrected chi connectivity index (χ0v) is 18.2. The van der Waals surface area contributed by atoms with E-state index in [0.29, 0.717) is 13.2 Å². The molecule has 6 nitrogen and oxygen atoms in total. The van der Waals surface area contributed by atoms with E-state index in [1.165, 1.54) is 44.9 Å². The summed E-state index contributed by atoms with van der Waals surface area (Å²) < 4.78 is 29.7. The lowest BCUT2D eigenvalue weighted by Crippen LogP contribution is -2.67. The van der Waals surface area contributed by atoms with Crippen LogP contribution in [0.4, 0.5) is 0 Å². The van der Waals surface area contributed by atoms with Crippen LogP contribution in [0, 0.1) is 0 Å². The van der Waals surface area contributed by atoms with Gasteiger partial charge in [-0.1, -0.05) is 57.9 Å². The molecule has 2 fully saturated rings. The van der Waals surface area contributed by atoms with Gasteiger partial charge in [-0.15, -0.1) is 0 Å². The van der Waals surface area contributed by atoms with Gasteiger partial charge < -0.3 is 29.4 Å². The van der Waals surface area contributed by atoms with Gasteiger partial charge in [-0.25, -0.2) is 0 Å². The molecule has 0 aromatic heterocycles. The molecular formula is C22H41NO5. The predicted molar refractivity (Wildman–Crippen MR) is 110 cm³/mol. The molecule has 0 unspecified atom stereocenters. The lowest BCUT2D eigenvalue weighted by atomic mass is 9.95. The van der Waals surface area contributed by atoms with Gasteiger partial charge in [-0.05, 0) is 27.2 Å². The third-order valence-corrected chi connectivity index (χ3v) is 5.36. The third-order valence-electron chi connectivity index (χ3n) is 5.36. The standard InChI is InChI=1S/C22H41NO5/c1-5-7-8-9-10-11-12-13-15-24-20-18(23)21(25-14-6-2)27-17-16-26-22(3,4)28-19(17)20/h6,14,17-21H,5,7-13,15-16,23H2,1-4H3/t17-,18-,19-,20-,21+/m1/s1. The summed E-state index contributed by atoms with van der Waals surface area (Å²) in [5.41, 5.74) is 6.44. The fourth-order valence-electron chi connectivity index (χ4n) is 3.79. The Morgan fingerprint density at radius 2 is 1.75 bits per heavy atom. The van der Waals surface area contributed by atoms with Crippen molar-refractivity contribution in [2.24, 2.45) is 5.73 Å². The second-order valence-corrected chi connectivity index (χ2v) is 8.33. The van der Waals surface area contributed by atoms with Gasteiger partial charge in [0.25, 0.3) is 0 Å². The topological polar surface area (TPSA) is 72.2 Å². The predicted octanol–water partition coefficient (Wildman–Crippen LogP) is 4.27. The first-order chi connectivity index (χ1) is 13.5. The monoisotopic (exact) mass is 399 g/mol. The summed E-state index contributed by atoms with van der Waals surface area (Å²) in [4.78, 5) is 0. The van der Waals surface area contributed by atoms with Gasteiger partial charge in [0.05, 0.1) is 18.9 Å². The number of nitrogens with two attached hydrogens (primary N) is 1. The molecule has 2 aliphatic heterocycles. The van der Waals surface area contributed by atoms with E-state index in [1.807, 2.05) is 26.8 Å². The van der Waals surface area contributed by atoms with Crippen molar-refractivity contribution in [1.82, 2.24) is 0 Å². The van der Waals surface area contributed by atoms with Crippen molar-refractivity contribution < 1.29 is 23.7 Å². The van der Waals surface area contributed by atoms with Crippen LogP contribution >= 0.6 is 0 Å². The van der Waals surface area contributed by atoms with Crippen molar-refractivity contribution in [1.29, 1.82) is 0 Å². The molecule has 2 N–H and O–H groups in total. The molecule has 6 heteroatoms. The van der Waals surface area contributed by atoms with Gasteiger partial charge in [-0.3, -0.25) is 0 Å². The molecule has 0 aliphatic carbocycles. The van der Waals surface area contributed by atoms with E-state index in [4.69, 9.17) is 29.4 Å². The van der Waals surface area contributed by atoms with Crippen LogP contribution in [0.2, 0.25) is 0 Å². The van der Waals surface area contributed by atoms with E-state index >= 15 is 0 Å². The van der Waals surface area contributed by atoms with Crippen LogP contribution in [0.5, 0.6) is 0 Å². The first-order valence-electron chi connectivity index (χ1n) is 11.1. The first-order valence-corrected chi connectivity index (χ1v) is 11.1. The maximum atomic E-state index is 6.44. The number of fused-ring (bicyclic) bond motifs is 1. The highest BCUT2D eigenvalue weighted by atomic mass is 16.8. The second-order valence-electron chi connectivity index (χ2n) is 8.33. The van der Waals surface area contributed by atoms with E-state index in [9.17, 15) is 0 Å². The summed E-state index contributed by atoms with van der Waals surface area (Å²) in [5.74, 6) is -0.665. The van der Waals surface area contributed by atoms with Crippen LogP contribution in [-0.4, -0.2) is 49.6 Å². The number of hydrogen-bond donors (Lipinski definition) is 1. The summed E-state index contributed by atoms with van der Waals surface area (Å²) in [5, 5.41) is 0. The Bertz CT molecular complexity index is 456. The molecule has 0 saturated carbocycles. The zero-order valence-electron chi connectivity index (χ0n) is 18.2. The molecule has 2 aliphatic rings. The van der Waals surface area contributed by atoms with Crippen LogP contribution in [0.3, 0.4) is 0 Å². The molecule has 0 radical (unpaired) electrons. The molecule has 0 spiro atoms. The Labute approximate surface area is 171 Å². The van der Waals surface area contributed by atoms with Crippen LogP contribution < -0.4 is 5.73 Å². The van der Waals surface area contributed by atoms with Gasteiger partial charge in [0.1, 0.15) is 18.3 Å². The Kier molecular flexibility index (Phi) is 10.2. The smallest absolute Gasteiger partial charge is 0.217 e. The van der Waals surface area contributed by atoms with E-state index in [2.05, 4.69) is 6.92 Å². The quantitative estimate of drug-likeness (QED) is 0.390. The minimum atomic E-state index is -0.665. The van der Waals surface area contributed by atoms with Crippen LogP contribution in [-0.2, 0) is 23.7 Å². The van der Waals surface area contributed by atoms with E-state index < -0.39 is 18.1 Å². The molecule has 2 saturated heterocycles. The van der Waals surface area contributed by atoms with Crippen molar-refractivity contribution in [3.63, 3.8) is 0 Å². The Morgan fingerprint density at radius 1 is 1.07 bits per heavy atom. The number of hydrogen-bond acceptors (Lipinski definition) is 6. The maximum absolute atomic E-state index is 6.44. The Balaban J connectivity index is 1.81. The van der Waals surface area contributed by atoms with E-state index in [0.717, 1.165) is 6.42 Å². The molecule has 0 bridgehead atoms. The fraction of sp³-hybridized carbons (Fsp3) is 0.909. The van der Waals surface area contributed by atoms with Crippen molar-refractivity contribution in [2.45, 2.75) is 115 Å². The summed E-state index contributed by atoms with van der Waals surface area (Å²) in [6.45, 7) is 9.08. The fourth-order valence-corrected chi connectivity index (χ4v) is 3.79.